The van der Waals surface area contributed by atoms with Gasteiger partial charge in [0.05, 0.1) is 12.1 Å². The summed E-state index contributed by atoms with van der Waals surface area (Å²) in [6.07, 6.45) is 3.01. The lowest BCUT2D eigenvalue weighted by molar-refractivity contribution is 0.0937. The van der Waals surface area contributed by atoms with Gasteiger partial charge in [-0.05, 0) is 49.9 Å². The van der Waals surface area contributed by atoms with Crippen molar-refractivity contribution in [2.45, 2.75) is 43.9 Å². The van der Waals surface area contributed by atoms with Crippen LogP contribution in [0.1, 0.15) is 59.9 Å². The van der Waals surface area contributed by atoms with E-state index in [0.717, 1.165) is 32.2 Å². The number of hydrogen-bond acceptors (Lipinski definition) is 6. The van der Waals surface area contributed by atoms with Crippen LogP contribution in [0.4, 0.5) is 4.39 Å². The van der Waals surface area contributed by atoms with Crippen molar-refractivity contribution in [3.05, 3.63) is 47.4 Å². The van der Waals surface area contributed by atoms with Gasteiger partial charge >= 0.3 is 0 Å². The van der Waals surface area contributed by atoms with E-state index in [1.54, 1.807) is 12.1 Å². The summed E-state index contributed by atoms with van der Waals surface area (Å²) in [5.74, 6) is -0.186. The van der Waals surface area contributed by atoms with E-state index in [-0.39, 0.29) is 29.6 Å². The van der Waals surface area contributed by atoms with E-state index >= 15 is 0 Å². The summed E-state index contributed by atoms with van der Waals surface area (Å²) in [6.45, 7) is 1.16. The Labute approximate surface area is 150 Å². The van der Waals surface area contributed by atoms with Crippen LogP contribution in [0.15, 0.2) is 28.8 Å². The number of nitrogens with zero attached hydrogens (tertiary/aromatic N) is 3. The lowest BCUT2D eigenvalue weighted by atomic mass is 10.1. The van der Waals surface area contributed by atoms with Gasteiger partial charge in [0.1, 0.15) is 5.82 Å². The van der Waals surface area contributed by atoms with Gasteiger partial charge in [0.25, 0.3) is 11.7 Å². The first-order valence-electron chi connectivity index (χ1n) is 8.92. The molecule has 1 aromatic carbocycles. The van der Waals surface area contributed by atoms with E-state index in [2.05, 4.69) is 20.4 Å². The molecule has 2 aliphatic rings. The lowest BCUT2D eigenvalue weighted by Gasteiger charge is -2.24. The number of β-amino-alcohol motifs (C(OH)–C–C–N with tert-alkyl or cyclic N) is 1. The molecule has 2 atom stereocenters. The number of aliphatic hydroxyl groups excluding tert-OH is 1. The average molecular weight is 360 g/mol. The molecule has 2 aromatic rings. The highest BCUT2D eigenvalue weighted by atomic mass is 19.1. The van der Waals surface area contributed by atoms with Crippen molar-refractivity contribution in [2.24, 2.45) is 0 Å². The largest absolute Gasteiger partial charge is 0.387 e. The third-order valence-corrected chi connectivity index (χ3v) is 4.87. The third-order valence-electron chi connectivity index (χ3n) is 4.87. The SMILES string of the molecule is O=C(NC1CC1)c1noc([C@@H]2CCCN2C[C@H](O)c2ccc(F)cc2)n1. The van der Waals surface area contributed by atoms with Crippen LogP contribution in [0.3, 0.4) is 0 Å². The van der Waals surface area contributed by atoms with Gasteiger partial charge in [0, 0.05) is 12.6 Å². The van der Waals surface area contributed by atoms with Crippen molar-refractivity contribution in [2.75, 3.05) is 13.1 Å². The molecule has 1 saturated heterocycles. The molecular weight excluding hydrogens is 339 g/mol. The number of rotatable bonds is 6. The van der Waals surface area contributed by atoms with E-state index in [4.69, 9.17) is 4.52 Å². The van der Waals surface area contributed by atoms with Gasteiger partial charge in [-0.3, -0.25) is 9.69 Å². The number of aromatic nitrogens is 2. The van der Waals surface area contributed by atoms with Gasteiger partial charge in [-0.25, -0.2) is 4.39 Å². The second kappa shape index (κ2) is 7.13. The Morgan fingerprint density at radius 1 is 1.35 bits per heavy atom. The fourth-order valence-corrected chi connectivity index (χ4v) is 3.28. The average Bonchev–Trinajstić information content (AvgIpc) is 3.11. The first-order valence-corrected chi connectivity index (χ1v) is 8.92. The Balaban J connectivity index is 1.42. The Morgan fingerprint density at radius 2 is 2.12 bits per heavy atom. The number of hydrogen-bond donors (Lipinski definition) is 2. The number of aliphatic hydroxyl groups is 1. The van der Waals surface area contributed by atoms with Gasteiger partial charge in [0.15, 0.2) is 0 Å². The van der Waals surface area contributed by atoms with Crippen molar-refractivity contribution in [3.63, 3.8) is 0 Å². The molecule has 2 N–H and O–H groups in total. The van der Waals surface area contributed by atoms with Gasteiger partial charge in [0.2, 0.25) is 5.89 Å². The highest BCUT2D eigenvalue weighted by molar-refractivity contribution is 5.90. The molecule has 7 nitrogen and oxygen atoms in total. The molecule has 1 amide bonds. The van der Waals surface area contributed by atoms with Crippen LogP contribution in [0.25, 0.3) is 0 Å². The number of carbonyl (C=O) groups is 1. The van der Waals surface area contributed by atoms with E-state index < -0.39 is 6.10 Å². The number of amides is 1. The predicted octanol–water partition coefficient (Wildman–Crippen LogP) is 1.97. The normalized spacial score (nSPS) is 21.7. The summed E-state index contributed by atoms with van der Waals surface area (Å²) in [5, 5.41) is 17.1. The van der Waals surface area contributed by atoms with Crippen LogP contribution in [0, 0.1) is 5.82 Å². The van der Waals surface area contributed by atoms with E-state index in [1.165, 1.54) is 12.1 Å². The zero-order valence-corrected chi connectivity index (χ0v) is 14.3. The molecule has 0 spiro atoms. The van der Waals surface area contributed by atoms with Crippen molar-refractivity contribution in [1.82, 2.24) is 20.4 Å². The van der Waals surface area contributed by atoms with Crippen molar-refractivity contribution in [3.8, 4) is 0 Å². The Bertz CT molecular complexity index is 775. The molecular formula is C18H21FN4O3. The topological polar surface area (TPSA) is 91.5 Å². The molecule has 0 radical (unpaired) electrons. The quantitative estimate of drug-likeness (QED) is 0.818. The van der Waals surface area contributed by atoms with Crippen LogP contribution in [-0.2, 0) is 0 Å². The standard InChI is InChI=1S/C18H21FN4O3/c19-12-5-3-11(4-6-12)15(24)10-23-9-1-2-14(23)18-21-16(22-26-18)17(25)20-13-7-8-13/h3-6,13-15,24H,1-2,7-10H2,(H,20,25)/t14-,15-/m0/s1. The van der Waals surface area contributed by atoms with Crippen LogP contribution >= 0.6 is 0 Å². The van der Waals surface area contributed by atoms with Crippen LogP contribution in [0.2, 0.25) is 0 Å². The first-order chi connectivity index (χ1) is 12.6. The van der Waals surface area contributed by atoms with Crippen LogP contribution in [-0.4, -0.2) is 45.2 Å². The maximum Gasteiger partial charge on any atom is 0.292 e. The predicted molar refractivity (Wildman–Crippen MR) is 89.7 cm³/mol. The maximum atomic E-state index is 13.0. The molecule has 26 heavy (non-hydrogen) atoms. The zero-order valence-electron chi connectivity index (χ0n) is 14.3. The second-order valence-electron chi connectivity index (χ2n) is 6.92. The maximum absolute atomic E-state index is 13.0. The lowest BCUT2D eigenvalue weighted by Crippen LogP contribution is -2.29. The molecule has 1 aliphatic heterocycles. The molecule has 1 aliphatic carbocycles. The van der Waals surface area contributed by atoms with Gasteiger partial charge in [-0.2, -0.15) is 4.98 Å². The molecule has 0 unspecified atom stereocenters. The minimum absolute atomic E-state index is 0.0535. The fourth-order valence-electron chi connectivity index (χ4n) is 3.28. The van der Waals surface area contributed by atoms with Crippen molar-refractivity contribution >= 4 is 5.91 Å². The second-order valence-corrected chi connectivity index (χ2v) is 6.92. The summed E-state index contributed by atoms with van der Waals surface area (Å²) < 4.78 is 18.3. The Morgan fingerprint density at radius 3 is 2.85 bits per heavy atom. The third kappa shape index (κ3) is 3.76. The monoisotopic (exact) mass is 360 g/mol. The van der Waals surface area contributed by atoms with Gasteiger partial charge in [-0.15, -0.1) is 0 Å². The number of nitrogens with one attached hydrogen (secondary N) is 1. The Hall–Kier alpha value is -2.32. The summed E-state index contributed by atoms with van der Waals surface area (Å²) in [7, 11) is 0. The van der Waals surface area contributed by atoms with E-state index in [1.807, 2.05) is 0 Å². The minimum Gasteiger partial charge on any atom is -0.387 e. The number of benzene rings is 1. The highest BCUT2D eigenvalue weighted by Crippen LogP contribution is 2.32. The summed E-state index contributed by atoms with van der Waals surface area (Å²) in [4.78, 5) is 18.3. The summed E-state index contributed by atoms with van der Waals surface area (Å²) >= 11 is 0. The summed E-state index contributed by atoms with van der Waals surface area (Å²) in [5.41, 5.74) is 0.659. The molecule has 2 heterocycles. The molecule has 0 bridgehead atoms. The number of carbonyl (C=O) groups excluding carboxylic acids is 1. The number of halogens is 1. The zero-order chi connectivity index (χ0) is 18.1. The molecule has 1 aromatic heterocycles. The van der Waals surface area contributed by atoms with Crippen molar-refractivity contribution < 1.29 is 18.8 Å². The number of likely N-dealkylation sites (tertiary alicyclic amines) is 1. The van der Waals surface area contributed by atoms with Crippen LogP contribution in [0.5, 0.6) is 0 Å². The van der Waals surface area contributed by atoms with E-state index in [9.17, 15) is 14.3 Å². The van der Waals surface area contributed by atoms with E-state index in [0.29, 0.717) is 18.0 Å². The first kappa shape index (κ1) is 17.1. The van der Waals surface area contributed by atoms with Crippen molar-refractivity contribution in [1.29, 1.82) is 0 Å². The highest BCUT2D eigenvalue weighted by Gasteiger charge is 2.33. The molecule has 8 heteroatoms. The van der Waals surface area contributed by atoms with Crippen LogP contribution < -0.4 is 5.32 Å². The minimum atomic E-state index is -0.739. The van der Waals surface area contributed by atoms with Gasteiger partial charge < -0.3 is 14.9 Å². The molecule has 2 fully saturated rings. The Kier molecular flexibility index (Phi) is 4.69. The molecule has 138 valence electrons. The smallest absolute Gasteiger partial charge is 0.292 e. The molecule has 1 saturated carbocycles. The van der Waals surface area contributed by atoms with Gasteiger partial charge in [-0.1, -0.05) is 17.3 Å². The summed E-state index contributed by atoms with van der Waals surface area (Å²) in [6, 6.07) is 5.94. The fraction of sp³-hybridized carbons (Fsp3) is 0.500. The molecule has 4 rings (SSSR count).